The molecule has 0 radical (unpaired) electrons. The molecule has 0 amide bonds. The Balaban J connectivity index is 0.000000144. The average Bonchev–Trinajstić information content (AvgIpc) is 0.683. The Morgan fingerprint density at radius 3 is 1.05 bits per heavy atom. The van der Waals surface area contributed by atoms with Gasteiger partial charge in [0.1, 0.15) is 5.78 Å². The van der Waals surface area contributed by atoms with Gasteiger partial charge in [-0.25, -0.2) is 0 Å². The van der Waals surface area contributed by atoms with E-state index in [4.69, 9.17) is 4.74 Å². The molecule has 0 aromatic carbocycles. The molecule has 15 fully saturated rings. The van der Waals surface area contributed by atoms with Crippen LogP contribution in [-0.2, 0) is 14.3 Å². The fraction of sp³-hybridized carbons (Fsp3) is 0.978. The van der Waals surface area contributed by atoms with Gasteiger partial charge >= 0.3 is 5.97 Å². The molecule has 15 rings (SSSR count). The van der Waals surface area contributed by atoms with E-state index in [0.717, 1.165) is 148 Å². The zero-order valence-corrected chi connectivity index (χ0v) is 68.8. The van der Waals surface area contributed by atoms with E-state index in [0.29, 0.717) is 95.4 Å². The van der Waals surface area contributed by atoms with E-state index in [-0.39, 0.29) is 137 Å². The van der Waals surface area contributed by atoms with E-state index in [1.165, 1.54) is 45.6 Å². The molecule has 15 saturated carbocycles. The Kier molecular flexibility index (Phi) is 19.8. The maximum Gasteiger partial charge on any atom is 0.312 e. The van der Waals surface area contributed by atoms with Crippen molar-refractivity contribution >= 4 is 11.8 Å². The Morgan fingerprint density at radius 2 is 0.686 bits per heavy atom. The molecular weight excluding hydrogens is 1270 g/mol. The van der Waals surface area contributed by atoms with E-state index in [1.807, 2.05) is 0 Å². The smallest absolute Gasteiger partial charge is 0.312 e. The Labute approximate surface area is 623 Å². The summed E-state index contributed by atoms with van der Waals surface area (Å²) in [6, 6.07) is 0. The highest BCUT2D eigenvalue weighted by molar-refractivity contribution is 5.87. The zero-order valence-electron chi connectivity index (χ0n) is 68.8. The lowest BCUT2D eigenvalue weighted by molar-refractivity contribution is -0.281. The van der Waals surface area contributed by atoms with Gasteiger partial charge in [-0.1, -0.05) is 153 Å². The van der Waals surface area contributed by atoms with Crippen LogP contribution >= 0.6 is 0 Å². The van der Waals surface area contributed by atoms with Crippen molar-refractivity contribution in [3.8, 4) is 0 Å². The van der Waals surface area contributed by atoms with Crippen LogP contribution < -0.4 is 0 Å². The summed E-state index contributed by atoms with van der Waals surface area (Å²) >= 11 is 0. The highest BCUT2D eigenvalue weighted by Gasteiger charge is 2.77. The topological polar surface area (TPSA) is 185 Å². The second-order valence-electron chi connectivity index (χ2n) is 47.0. The number of hydrogen-bond donors (Lipinski definition) is 7. The number of Topliss-reactive ketones (excluding diaryl/α,β-unsaturated/α-hetero) is 1. The van der Waals surface area contributed by atoms with Crippen LogP contribution in [0.3, 0.4) is 0 Å². The van der Waals surface area contributed by atoms with Crippen LogP contribution in [0.1, 0.15) is 345 Å². The van der Waals surface area contributed by atoms with Crippen LogP contribution in [0.15, 0.2) is 0 Å². The Bertz CT molecular complexity index is 3020. The molecule has 10 nitrogen and oxygen atoms in total. The summed E-state index contributed by atoms with van der Waals surface area (Å²) in [6.07, 6.45) is 30.2. The first kappa shape index (κ1) is 80.4. The second-order valence-corrected chi connectivity index (χ2v) is 47.0. The summed E-state index contributed by atoms with van der Waals surface area (Å²) in [6.45, 7) is 51.3. The van der Waals surface area contributed by atoms with E-state index in [2.05, 4.69) is 145 Å². The Morgan fingerprint density at radius 1 is 0.373 bits per heavy atom. The first-order valence-corrected chi connectivity index (χ1v) is 42.7. The number of fused-ring (bicyclic) bond motifs is 21. The quantitative estimate of drug-likeness (QED) is 0.134. The molecular formula is C92H158O10. The largest absolute Gasteiger partial charge is 0.469 e. The predicted molar refractivity (Wildman–Crippen MR) is 411 cm³/mol. The lowest BCUT2D eigenvalue weighted by Gasteiger charge is -2.74. The number of rotatable bonds is 3. The summed E-state index contributed by atoms with van der Waals surface area (Å²) in [5, 5.41) is 78.1. The van der Waals surface area contributed by atoms with Gasteiger partial charge in [0.05, 0.1) is 43.0 Å². The van der Waals surface area contributed by atoms with Gasteiger partial charge in [0, 0.05) is 25.6 Å². The molecule has 0 spiro atoms. The van der Waals surface area contributed by atoms with Crippen LogP contribution in [0.2, 0.25) is 0 Å². The van der Waals surface area contributed by atoms with Gasteiger partial charge < -0.3 is 40.5 Å². The molecule has 0 heterocycles. The molecule has 0 aromatic rings. The summed E-state index contributed by atoms with van der Waals surface area (Å²) in [4.78, 5) is 27.8. The molecule has 7 N–H and O–H groups in total. The number of hydrogen-bond acceptors (Lipinski definition) is 10. The van der Waals surface area contributed by atoms with Crippen molar-refractivity contribution in [2.45, 2.75) is 376 Å². The maximum atomic E-state index is 14.4. The fourth-order valence-corrected chi connectivity index (χ4v) is 34.1. The number of esters is 1. The first-order chi connectivity index (χ1) is 46.4. The number of aliphatic hydroxyl groups excluding tert-OH is 7. The lowest BCUT2D eigenvalue weighted by atomic mass is 9.31. The molecule has 586 valence electrons. The van der Waals surface area contributed by atoms with Gasteiger partial charge in [-0.15, -0.1) is 0 Å². The third-order valence-corrected chi connectivity index (χ3v) is 41.0. The molecule has 29 atom stereocenters. The fourth-order valence-electron chi connectivity index (χ4n) is 34.1. The van der Waals surface area contributed by atoms with Crippen molar-refractivity contribution in [2.75, 3.05) is 20.3 Å². The van der Waals surface area contributed by atoms with Crippen LogP contribution in [0.4, 0.5) is 0 Å². The molecule has 15 aliphatic rings. The SMILES string of the molecule is C.CC1(C)CC[C@]2(CO)CC[C@]3(C)[C@H]([C@@H](O)C[C@@H]4[C@@]5(C)CC[C@H](O)C(C)(C)C5CC[C@]43C)[C@@H]2C1.CC1(C)CC[C@]2(CO)CC[C@]3(C)[C@H]([C@H](O)C[C@@H]4[C@@]5(C)CC[C@H](O)C(C)(C)C5CC[C@]43C)[C@@H]2C1.COC(=O)[C@]12CCC(C)(C)C[C@H]1[C@H]1C(=O)C[C@@H]3[C@@]4(C)CC[C@H](O)C(C)(C)C4CC[C@@]3(C)[C@]1(C)CC2. The highest BCUT2D eigenvalue weighted by Crippen LogP contribution is 2.81. The summed E-state index contributed by atoms with van der Waals surface area (Å²) in [5.74, 6) is 4.64. The third-order valence-electron chi connectivity index (χ3n) is 41.0. The lowest BCUT2D eigenvalue weighted by Crippen LogP contribution is -2.70. The number of methoxy groups -OCH3 is 1. The number of ketones is 1. The number of carbonyl (C=O) groups is 2. The summed E-state index contributed by atoms with van der Waals surface area (Å²) in [5.41, 5.74) is 1.11. The molecule has 15 aliphatic carbocycles. The van der Waals surface area contributed by atoms with Gasteiger partial charge in [0.2, 0.25) is 0 Å². The van der Waals surface area contributed by atoms with Gasteiger partial charge in [0.15, 0.2) is 0 Å². The maximum absolute atomic E-state index is 14.4. The third kappa shape index (κ3) is 10.9. The van der Waals surface area contributed by atoms with E-state index < -0.39 is 5.41 Å². The van der Waals surface area contributed by atoms with E-state index in [9.17, 15) is 45.3 Å². The monoisotopic (exact) mass is 1420 g/mol. The predicted octanol–water partition coefficient (Wildman–Crippen LogP) is 19.6. The van der Waals surface area contributed by atoms with Crippen molar-refractivity contribution in [3.63, 3.8) is 0 Å². The zero-order chi connectivity index (χ0) is 74.3. The van der Waals surface area contributed by atoms with Crippen molar-refractivity contribution in [3.05, 3.63) is 0 Å². The van der Waals surface area contributed by atoms with E-state index in [1.54, 1.807) is 0 Å². The Hall–Kier alpha value is -1.14. The highest BCUT2D eigenvalue weighted by atomic mass is 16.5. The van der Waals surface area contributed by atoms with Gasteiger partial charge in [-0.2, -0.15) is 0 Å². The molecule has 102 heavy (non-hydrogen) atoms. The van der Waals surface area contributed by atoms with Crippen LogP contribution in [0, 0.1) is 168 Å². The minimum atomic E-state index is -0.495. The molecule has 0 bridgehead atoms. The van der Waals surface area contributed by atoms with Crippen LogP contribution in [-0.4, -0.2) is 98.3 Å². The molecule has 0 aromatic heterocycles. The molecule has 0 aliphatic heterocycles. The minimum Gasteiger partial charge on any atom is -0.469 e. The van der Waals surface area contributed by atoms with Crippen molar-refractivity contribution in [1.82, 2.24) is 0 Å². The van der Waals surface area contributed by atoms with Crippen LogP contribution in [0.5, 0.6) is 0 Å². The molecule has 10 heteroatoms. The standard InChI is InChI=1S/C31H50O4.2C30H52O3.CH4/c1-26(2)13-15-31(25(34)35-8)16-14-30(7)24(19(31)18-26)20(32)17-22-28(5)11-10-23(33)27(3,4)21(28)9-12-29(22,30)6;2*1-25(2)12-14-30(18-31)15-13-29(7)24(19(30)17-25)20(32)16-22-27(5)10-9-23(33)26(3,4)21(27)8-11-28(22,29)6;/h19,21-24,33H,9-18H2,1-8H3;2*19-24,31-33H,8-18H2,1-7H3;1H4/t19-,21?,22+,23-,24-,28-,29+,30+,31-;19-,20+,21?,22+,23-,24-,27-,28+,29+,30+;19-,20-,21?,22+,23-,24-,27-,28+,29+,30+;/m000./s1. The second kappa shape index (κ2) is 25.2. The van der Waals surface area contributed by atoms with Crippen LogP contribution in [0.25, 0.3) is 0 Å². The van der Waals surface area contributed by atoms with Gasteiger partial charge in [-0.05, 0) is 343 Å². The molecule has 3 unspecified atom stereocenters. The molecule has 0 saturated heterocycles. The number of carbonyl (C=O) groups excluding carboxylic acids is 2. The van der Waals surface area contributed by atoms with Crippen molar-refractivity contribution in [2.24, 2.45) is 168 Å². The summed E-state index contributed by atoms with van der Waals surface area (Å²) in [7, 11) is 1.53. The van der Waals surface area contributed by atoms with Crippen molar-refractivity contribution < 1.29 is 50.1 Å². The van der Waals surface area contributed by atoms with Gasteiger partial charge in [0.25, 0.3) is 0 Å². The number of aliphatic hydroxyl groups is 7. The first-order valence-electron chi connectivity index (χ1n) is 42.7. The summed E-state index contributed by atoms with van der Waals surface area (Å²) < 4.78 is 5.44. The minimum absolute atomic E-state index is 0. The van der Waals surface area contributed by atoms with Crippen molar-refractivity contribution in [1.29, 1.82) is 0 Å². The normalized spacial score (nSPS) is 55.0. The van der Waals surface area contributed by atoms with Gasteiger partial charge in [-0.3, -0.25) is 9.59 Å². The number of ether oxygens (including phenoxy) is 1. The average molecular weight is 1420 g/mol. The van der Waals surface area contributed by atoms with E-state index >= 15 is 0 Å².